The van der Waals surface area contributed by atoms with Crippen LogP contribution in [0.1, 0.15) is 64.2 Å². The Morgan fingerprint density at radius 3 is 2.22 bits per heavy atom. The van der Waals surface area contributed by atoms with Gasteiger partial charge in [-0.05, 0) is 44.6 Å². The number of unbranched alkanes of at least 4 members (excludes halogenated alkanes) is 1. The molecule has 0 aromatic heterocycles. The third kappa shape index (κ3) is 5.91. The van der Waals surface area contributed by atoms with Gasteiger partial charge in [0.15, 0.2) is 0 Å². The molecule has 2 heterocycles. The summed E-state index contributed by atoms with van der Waals surface area (Å²) in [6, 6.07) is 1.49. The monoisotopic (exact) mass is 376 g/mol. The molecular weight excluding hydrogens is 336 g/mol. The molecule has 2 aliphatic carbocycles. The third-order valence-electron chi connectivity index (χ3n) is 7.37. The van der Waals surface area contributed by atoms with Crippen molar-refractivity contribution >= 4 is 5.91 Å². The maximum Gasteiger partial charge on any atom is 0.236 e. The molecule has 5 heteroatoms. The van der Waals surface area contributed by atoms with Crippen LogP contribution in [0.4, 0.5) is 0 Å². The van der Waals surface area contributed by atoms with Gasteiger partial charge in [0.05, 0.1) is 6.54 Å². The SMILES string of the molecule is O=C(CN1CCC(NCCCCC2CC2)CC1)N1CCN(C2CCC2)CC1. The van der Waals surface area contributed by atoms with Gasteiger partial charge < -0.3 is 10.2 Å². The van der Waals surface area contributed by atoms with Crippen LogP contribution in [0.15, 0.2) is 0 Å². The number of nitrogens with one attached hydrogen (secondary N) is 1. The van der Waals surface area contributed by atoms with E-state index in [2.05, 4.69) is 20.0 Å². The first-order valence-corrected chi connectivity index (χ1v) is 11.8. The van der Waals surface area contributed by atoms with Crippen LogP contribution in [-0.2, 0) is 4.79 Å². The largest absolute Gasteiger partial charge is 0.339 e. The topological polar surface area (TPSA) is 38.8 Å². The molecule has 27 heavy (non-hydrogen) atoms. The van der Waals surface area contributed by atoms with Gasteiger partial charge in [-0.25, -0.2) is 0 Å². The fourth-order valence-corrected chi connectivity index (χ4v) is 4.95. The van der Waals surface area contributed by atoms with Crippen LogP contribution in [0.5, 0.6) is 0 Å². The Morgan fingerprint density at radius 1 is 0.852 bits per heavy atom. The van der Waals surface area contributed by atoms with Crippen molar-refractivity contribution < 1.29 is 4.79 Å². The lowest BCUT2D eigenvalue weighted by Gasteiger charge is -2.43. The molecular formula is C22H40N4O. The molecule has 2 saturated heterocycles. The lowest BCUT2D eigenvalue weighted by atomic mass is 9.91. The number of amides is 1. The van der Waals surface area contributed by atoms with Gasteiger partial charge in [0.25, 0.3) is 0 Å². The molecule has 154 valence electrons. The first-order valence-electron chi connectivity index (χ1n) is 11.8. The molecule has 0 aromatic rings. The first kappa shape index (κ1) is 19.7. The Labute approximate surface area is 165 Å². The summed E-state index contributed by atoms with van der Waals surface area (Å²) >= 11 is 0. The van der Waals surface area contributed by atoms with Crippen LogP contribution in [0, 0.1) is 5.92 Å². The quantitative estimate of drug-likeness (QED) is 0.627. The minimum Gasteiger partial charge on any atom is -0.339 e. The number of carbonyl (C=O) groups is 1. The Hall–Kier alpha value is -0.650. The lowest BCUT2D eigenvalue weighted by molar-refractivity contribution is -0.135. The highest BCUT2D eigenvalue weighted by Gasteiger charge is 2.30. The van der Waals surface area contributed by atoms with E-state index in [0.29, 0.717) is 18.5 Å². The zero-order valence-corrected chi connectivity index (χ0v) is 17.2. The van der Waals surface area contributed by atoms with E-state index in [-0.39, 0.29) is 0 Å². The molecule has 0 atom stereocenters. The maximum atomic E-state index is 12.7. The summed E-state index contributed by atoms with van der Waals surface area (Å²) in [7, 11) is 0. The number of carbonyl (C=O) groups excluding carboxylic acids is 1. The van der Waals surface area contributed by atoms with E-state index in [4.69, 9.17) is 0 Å². The number of rotatable bonds is 9. The number of likely N-dealkylation sites (tertiary alicyclic amines) is 1. The summed E-state index contributed by atoms with van der Waals surface area (Å²) < 4.78 is 0. The second-order valence-corrected chi connectivity index (χ2v) is 9.45. The lowest BCUT2D eigenvalue weighted by Crippen LogP contribution is -2.55. The third-order valence-corrected chi connectivity index (χ3v) is 7.37. The molecule has 5 nitrogen and oxygen atoms in total. The van der Waals surface area contributed by atoms with E-state index >= 15 is 0 Å². The zero-order valence-electron chi connectivity index (χ0n) is 17.2. The Balaban J connectivity index is 1.06. The van der Waals surface area contributed by atoms with Crippen LogP contribution in [0.25, 0.3) is 0 Å². The zero-order chi connectivity index (χ0) is 18.5. The Kier molecular flexibility index (Phi) is 7.07. The van der Waals surface area contributed by atoms with Gasteiger partial charge in [-0.1, -0.05) is 32.1 Å². The smallest absolute Gasteiger partial charge is 0.236 e. The highest BCUT2D eigenvalue weighted by molar-refractivity contribution is 5.78. The number of piperidine rings is 1. The van der Waals surface area contributed by atoms with Crippen LogP contribution in [0.3, 0.4) is 0 Å². The molecule has 1 N–H and O–H groups in total. The summed E-state index contributed by atoms with van der Waals surface area (Å²) in [5.41, 5.74) is 0. The average molecular weight is 377 g/mol. The van der Waals surface area contributed by atoms with Gasteiger partial charge >= 0.3 is 0 Å². The predicted octanol–water partition coefficient (Wildman–Crippen LogP) is 2.32. The second-order valence-electron chi connectivity index (χ2n) is 9.45. The number of piperazine rings is 1. The van der Waals surface area contributed by atoms with E-state index in [0.717, 1.165) is 51.2 Å². The average Bonchev–Trinajstić information content (AvgIpc) is 3.46. The van der Waals surface area contributed by atoms with E-state index in [1.165, 1.54) is 70.8 Å². The normalized spacial score (nSPS) is 26.3. The van der Waals surface area contributed by atoms with Gasteiger partial charge in [-0.15, -0.1) is 0 Å². The minimum absolute atomic E-state index is 0.356. The highest BCUT2D eigenvalue weighted by Crippen LogP contribution is 2.33. The highest BCUT2D eigenvalue weighted by atomic mass is 16.2. The van der Waals surface area contributed by atoms with Gasteiger partial charge in [0.2, 0.25) is 5.91 Å². The van der Waals surface area contributed by atoms with E-state index < -0.39 is 0 Å². The Morgan fingerprint density at radius 2 is 1.59 bits per heavy atom. The molecule has 0 radical (unpaired) electrons. The van der Waals surface area contributed by atoms with Crippen molar-refractivity contribution in [2.75, 3.05) is 52.4 Å². The molecule has 4 fully saturated rings. The van der Waals surface area contributed by atoms with E-state index in [9.17, 15) is 4.79 Å². The fraction of sp³-hybridized carbons (Fsp3) is 0.955. The van der Waals surface area contributed by atoms with Crippen LogP contribution < -0.4 is 5.32 Å². The van der Waals surface area contributed by atoms with Crippen LogP contribution >= 0.6 is 0 Å². The molecule has 2 aliphatic heterocycles. The second kappa shape index (κ2) is 9.71. The van der Waals surface area contributed by atoms with E-state index in [1.807, 2.05) is 0 Å². The predicted molar refractivity (Wildman–Crippen MR) is 110 cm³/mol. The van der Waals surface area contributed by atoms with Crippen LogP contribution in [-0.4, -0.2) is 85.0 Å². The molecule has 2 saturated carbocycles. The minimum atomic E-state index is 0.356. The van der Waals surface area contributed by atoms with E-state index in [1.54, 1.807) is 0 Å². The van der Waals surface area contributed by atoms with Crippen LogP contribution in [0.2, 0.25) is 0 Å². The first-order chi connectivity index (χ1) is 13.3. The van der Waals surface area contributed by atoms with Gasteiger partial charge in [-0.3, -0.25) is 14.6 Å². The van der Waals surface area contributed by atoms with Gasteiger partial charge in [0, 0.05) is 51.4 Å². The Bertz CT molecular complexity index is 461. The summed E-state index contributed by atoms with van der Waals surface area (Å²) in [5, 5.41) is 3.75. The summed E-state index contributed by atoms with van der Waals surface area (Å²) in [5.74, 6) is 1.43. The maximum absolute atomic E-state index is 12.7. The summed E-state index contributed by atoms with van der Waals surface area (Å²) in [4.78, 5) is 19.8. The number of hydrogen-bond donors (Lipinski definition) is 1. The molecule has 0 bridgehead atoms. The molecule has 4 aliphatic rings. The van der Waals surface area contributed by atoms with Crippen molar-refractivity contribution in [3.05, 3.63) is 0 Å². The van der Waals surface area contributed by atoms with Crippen molar-refractivity contribution in [1.82, 2.24) is 20.0 Å². The summed E-state index contributed by atoms with van der Waals surface area (Å²) in [6.45, 7) is 8.02. The van der Waals surface area contributed by atoms with Crippen molar-refractivity contribution in [2.45, 2.75) is 76.3 Å². The van der Waals surface area contributed by atoms with Crippen molar-refractivity contribution in [3.63, 3.8) is 0 Å². The number of nitrogens with zero attached hydrogens (tertiary/aromatic N) is 3. The molecule has 4 rings (SSSR count). The van der Waals surface area contributed by atoms with Gasteiger partial charge in [-0.2, -0.15) is 0 Å². The molecule has 0 unspecified atom stereocenters. The molecule has 1 amide bonds. The fourth-order valence-electron chi connectivity index (χ4n) is 4.95. The molecule has 0 aromatic carbocycles. The molecule has 0 spiro atoms. The van der Waals surface area contributed by atoms with Crippen molar-refractivity contribution in [3.8, 4) is 0 Å². The van der Waals surface area contributed by atoms with Gasteiger partial charge in [0.1, 0.15) is 0 Å². The number of hydrogen-bond acceptors (Lipinski definition) is 4. The standard InChI is InChI=1S/C22H40N4O/c27-22(26-16-14-25(15-17-26)21-5-3-6-21)18-24-12-9-20(10-13-24)23-11-2-1-4-19-7-8-19/h19-21,23H,1-18H2. The van der Waals surface area contributed by atoms with Crippen molar-refractivity contribution in [2.24, 2.45) is 5.92 Å². The summed E-state index contributed by atoms with van der Waals surface area (Å²) in [6.07, 6.45) is 13.7. The van der Waals surface area contributed by atoms with Crippen molar-refractivity contribution in [1.29, 1.82) is 0 Å².